The van der Waals surface area contributed by atoms with Crippen molar-refractivity contribution in [1.82, 2.24) is 0 Å². The first-order valence-electron chi connectivity index (χ1n) is 7.17. The Kier molecular flexibility index (Phi) is 6.72. The molecule has 0 aliphatic rings. The molecule has 2 N–H and O–H groups in total. The van der Waals surface area contributed by atoms with Crippen LogP contribution < -0.4 is 10.1 Å². The first-order chi connectivity index (χ1) is 9.88. The summed E-state index contributed by atoms with van der Waals surface area (Å²) in [5, 5.41) is 11.3. The smallest absolute Gasteiger partial charge is 0.303 e. The lowest BCUT2D eigenvalue weighted by molar-refractivity contribution is -0.137. The first-order valence-corrected chi connectivity index (χ1v) is 7.17. The van der Waals surface area contributed by atoms with Crippen molar-refractivity contribution in [3.05, 3.63) is 23.8 Å². The molecule has 0 saturated heterocycles. The molecule has 0 unspecified atom stereocenters. The minimum Gasteiger partial charge on any atom is -0.491 e. The van der Waals surface area contributed by atoms with Gasteiger partial charge in [0.05, 0.1) is 6.10 Å². The van der Waals surface area contributed by atoms with Gasteiger partial charge in [0.2, 0.25) is 5.91 Å². The van der Waals surface area contributed by atoms with Crippen molar-refractivity contribution in [2.75, 3.05) is 5.32 Å². The number of carboxylic acids is 1. The van der Waals surface area contributed by atoms with Crippen molar-refractivity contribution in [3.8, 4) is 5.75 Å². The van der Waals surface area contributed by atoms with Crippen LogP contribution in [0.5, 0.6) is 5.75 Å². The lowest BCUT2D eigenvalue weighted by atomic mass is 10.1. The highest BCUT2D eigenvalue weighted by molar-refractivity contribution is 5.90. The number of benzene rings is 1. The number of ether oxygens (including phenoxy) is 1. The van der Waals surface area contributed by atoms with Gasteiger partial charge in [-0.2, -0.15) is 0 Å². The number of aryl methyl sites for hydroxylation is 1. The number of unbranched alkanes of at least 4 members (excludes halogenated alkanes) is 1. The zero-order valence-electron chi connectivity index (χ0n) is 12.8. The molecule has 0 aromatic heterocycles. The molecule has 116 valence electrons. The number of carbonyl (C=O) groups is 2. The van der Waals surface area contributed by atoms with Gasteiger partial charge in [-0.05, 0) is 57.4 Å². The summed E-state index contributed by atoms with van der Waals surface area (Å²) in [6.07, 6.45) is 1.64. The van der Waals surface area contributed by atoms with Gasteiger partial charge in [0.15, 0.2) is 0 Å². The molecule has 0 aliphatic carbocycles. The molecule has 1 aromatic carbocycles. The second-order valence-electron chi connectivity index (χ2n) is 5.30. The van der Waals surface area contributed by atoms with Gasteiger partial charge in [-0.25, -0.2) is 0 Å². The maximum Gasteiger partial charge on any atom is 0.303 e. The van der Waals surface area contributed by atoms with E-state index in [-0.39, 0.29) is 18.4 Å². The van der Waals surface area contributed by atoms with Crippen LogP contribution in [0.25, 0.3) is 0 Å². The third-order valence-corrected chi connectivity index (χ3v) is 2.87. The third-order valence-electron chi connectivity index (χ3n) is 2.87. The van der Waals surface area contributed by atoms with E-state index in [1.807, 2.05) is 32.9 Å². The Bertz CT molecular complexity index is 497. The van der Waals surface area contributed by atoms with Gasteiger partial charge in [0.1, 0.15) is 5.75 Å². The molecular formula is C16H23NO4. The van der Waals surface area contributed by atoms with Gasteiger partial charge >= 0.3 is 5.97 Å². The maximum absolute atomic E-state index is 11.7. The number of anilines is 1. The van der Waals surface area contributed by atoms with E-state index in [9.17, 15) is 9.59 Å². The van der Waals surface area contributed by atoms with Crippen LogP contribution in [0.2, 0.25) is 0 Å². The molecule has 0 atom stereocenters. The van der Waals surface area contributed by atoms with Crippen LogP contribution in [0.15, 0.2) is 18.2 Å². The van der Waals surface area contributed by atoms with Crippen molar-refractivity contribution in [1.29, 1.82) is 0 Å². The predicted molar refractivity (Wildman–Crippen MR) is 81.7 cm³/mol. The molecule has 5 nitrogen and oxygen atoms in total. The van der Waals surface area contributed by atoms with Crippen molar-refractivity contribution in [3.63, 3.8) is 0 Å². The molecule has 1 rings (SSSR count). The third kappa shape index (κ3) is 6.79. The first kappa shape index (κ1) is 17.0. The number of aliphatic carboxylic acids is 1. The van der Waals surface area contributed by atoms with Gasteiger partial charge in [-0.1, -0.05) is 0 Å². The molecule has 0 spiro atoms. The number of carbonyl (C=O) groups excluding carboxylic acids is 1. The molecule has 0 aliphatic heterocycles. The van der Waals surface area contributed by atoms with Crippen molar-refractivity contribution in [2.45, 2.75) is 52.6 Å². The van der Waals surface area contributed by atoms with Crippen LogP contribution in [0, 0.1) is 6.92 Å². The highest BCUT2D eigenvalue weighted by atomic mass is 16.5. The molecule has 0 bridgehead atoms. The molecule has 0 fully saturated rings. The number of amides is 1. The number of hydrogen-bond acceptors (Lipinski definition) is 3. The van der Waals surface area contributed by atoms with E-state index in [1.54, 1.807) is 6.07 Å². The monoisotopic (exact) mass is 293 g/mol. The highest BCUT2D eigenvalue weighted by Gasteiger charge is 2.07. The molecule has 5 heteroatoms. The molecular weight excluding hydrogens is 270 g/mol. The van der Waals surface area contributed by atoms with E-state index in [4.69, 9.17) is 9.84 Å². The molecule has 0 saturated carbocycles. The Hall–Kier alpha value is -2.04. The van der Waals surface area contributed by atoms with E-state index < -0.39 is 5.97 Å². The molecule has 0 radical (unpaired) electrons. The lowest BCUT2D eigenvalue weighted by Crippen LogP contribution is -2.12. The van der Waals surface area contributed by atoms with E-state index in [0.717, 1.165) is 17.0 Å². The summed E-state index contributed by atoms with van der Waals surface area (Å²) in [4.78, 5) is 22.1. The fourth-order valence-electron chi connectivity index (χ4n) is 1.90. The molecule has 0 heterocycles. The average Bonchev–Trinajstić information content (AvgIpc) is 2.37. The second kappa shape index (κ2) is 8.29. The number of rotatable bonds is 8. The minimum atomic E-state index is -0.827. The van der Waals surface area contributed by atoms with Crippen LogP contribution in [0.3, 0.4) is 0 Å². The van der Waals surface area contributed by atoms with Gasteiger partial charge < -0.3 is 15.2 Å². The Morgan fingerprint density at radius 3 is 2.48 bits per heavy atom. The number of hydrogen-bond donors (Lipinski definition) is 2. The number of nitrogens with one attached hydrogen (secondary N) is 1. The summed E-state index contributed by atoms with van der Waals surface area (Å²) in [5.74, 6) is -0.117. The zero-order valence-corrected chi connectivity index (χ0v) is 12.8. The topological polar surface area (TPSA) is 75.6 Å². The second-order valence-corrected chi connectivity index (χ2v) is 5.30. The Balaban J connectivity index is 2.45. The largest absolute Gasteiger partial charge is 0.491 e. The van der Waals surface area contributed by atoms with E-state index in [0.29, 0.717) is 19.3 Å². The van der Waals surface area contributed by atoms with Gasteiger partial charge in [0.25, 0.3) is 0 Å². The van der Waals surface area contributed by atoms with Crippen LogP contribution in [-0.2, 0) is 9.59 Å². The quantitative estimate of drug-likeness (QED) is 0.721. The molecule has 1 amide bonds. The normalized spacial score (nSPS) is 10.5. The standard InChI is InChI=1S/C16H23NO4/c1-11(2)21-14-9-8-13(10-12(14)3)17-15(18)6-4-5-7-16(19)20/h8-11H,4-7H2,1-3H3,(H,17,18)(H,19,20). The van der Waals surface area contributed by atoms with E-state index >= 15 is 0 Å². The zero-order chi connectivity index (χ0) is 15.8. The Morgan fingerprint density at radius 1 is 1.24 bits per heavy atom. The minimum absolute atomic E-state index is 0.0997. The lowest BCUT2D eigenvalue weighted by Gasteiger charge is -2.13. The van der Waals surface area contributed by atoms with E-state index in [1.165, 1.54) is 0 Å². The SMILES string of the molecule is Cc1cc(NC(=O)CCCCC(=O)O)ccc1OC(C)C. The van der Waals surface area contributed by atoms with E-state index in [2.05, 4.69) is 5.32 Å². The Morgan fingerprint density at radius 2 is 1.90 bits per heavy atom. The summed E-state index contributed by atoms with van der Waals surface area (Å²) in [7, 11) is 0. The van der Waals surface area contributed by atoms with Crippen molar-refractivity contribution < 1.29 is 19.4 Å². The predicted octanol–water partition coefficient (Wildman–Crippen LogP) is 3.37. The molecule has 1 aromatic rings. The van der Waals surface area contributed by atoms with Crippen LogP contribution in [-0.4, -0.2) is 23.1 Å². The van der Waals surface area contributed by atoms with Gasteiger partial charge in [-0.15, -0.1) is 0 Å². The van der Waals surface area contributed by atoms with Gasteiger partial charge in [0, 0.05) is 18.5 Å². The summed E-state index contributed by atoms with van der Waals surface area (Å²) >= 11 is 0. The van der Waals surface area contributed by atoms with Crippen molar-refractivity contribution >= 4 is 17.6 Å². The van der Waals surface area contributed by atoms with Crippen molar-refractivity contribution in [2.24, 2.45) is 0 Å². The fourth-order valence-corrected chi connectivity index (χ4v) is 1.90. The van der Waals surface area contributed by atoms with Crippen LogP contribution in [0.1, 0.15) is 45.1 Å². The summed E-state index contributed by atoms with van der Waals surface area (Å²) < 4.78 is 5.64. The summed E-state index contributed by atoms with van der Waals surface area (Å²) in [6, 6.07) is 5.52. The summed E-state index contributed by atoms with van der Waals surface area (Å²) in [6.45, 7) is 5.86. The van der Waals surface area contributed by atoms with Crippen LogP contribution >= 0.6 is 0 Å². The highest BCUT2D eigenvalue weighted by Crippen LogP contribution is 2.23. The maximum atomic E-state index is 11.7. The average molecular weight is 293 g/mol. The number of carboxylic acid groups (broad SMARTS) is 1. The summed E-state index contributed by atoms with van der Waals surface area (Å²) in [5.41, 5.74) is 1.69. The Labute approximate surface area is 125 Å². The van der Waals surface area contributed by atoms with Gasteiger partial charge in [-0.3, -0.25) is 9.59 Å². The molecule has 21 heavy (non-hydrogen) atoms. The fraction of sp³-hybridized carbons (Fsp3) is 0.500. The van der Waals surface area contributed by atoms with Crippen LogP contribution in [0.4, 0.5) is 5.69 Å².